The van der Waals surface area contributed by atoms with Gasteiger partial charge in [-0.25, -0.2) is 0 Å². The molecule has 1 unspecified atom stereocenters. The van der Waals surface area contributed by atoms with Gasteiger partial charge in [-0.3, -0.25) is 18.7 Å². The highest BCUT2D eigenvalue weighted by Gasteiger charge is 2.36. The average molecular weight is 637 g/mol. The van der Waals surface area contributed by atoms with Gasteiger partial charge in [0.05, 0.1) is 27.4 Å². The predicted octanol–water partition coefficient (Wildman–Crippen LogP) is 6.27. The number of carbonyl (C=O) groups is 2. The van der Waals surface area contributed by atoms with Crippen LogP contribution in [0.4, 0.5) is 17.1 Å². The summed E-state index contributed by atoms with van der Waals surface area (Å²) < 4.78 is 68.7. The van der Waals surface area contributed by atoms with E-state index in [0.29, 0.717) is 40.1 Å². The summed E-state index contributed by atoms with van der Waals surface area (Å²) in [6, 6.07) is 11.2. The molecule has 0 saturated heterocycles. The molecule has 0 bridgehead atoms. The number of carbonyl (C=O) groups excluding carboxylic acids is 2. The van der Waals surface area contributed by atoms with Gasteiger partial charge in [0.2, 0.25) is 0 Å². The number of anilines is 3. The zero-order valence-corrected chi connectivity index (χ0v) is 26.6. The van der Waals surface area contributed by atoms with E-state index in [4.69, 9.17) is 0 Å². The highest BCUT2D eigenvalue weighted by atomic mass is 32.2. The fourth-order valence-corrected chi connectivity index (χ4v) is 8.54. The fourth-order valence-electron chi connectivity index (χ4n) is 6.56. The molecule has 0 amide bonds. The third-order valence-electron chi connectivity index (χ3n) is 8.26. The van der Waals surface area contributed by atoms with Gasteiger partial charge >= 0.3 is 0 Å². The van der Waals surface area contributed by atoms with Crippen LogP contribution in [0.2, 0.25) is 0 Å². The smallest absolute Gasteiger partial charge is 0.295 e. The first-order chi connectivity index (χ1) is 20.4. The number of nitrogens with one attached hydrogen (secondary N) is 2. The molecule has 230 valence electrons. The Morgan fingerprint density at radius 1 is 0.750 bits per heavy atom. The normalized spacial score (nSPS) is 17.0. The third kappa shape index (κ3) is 5.17. The molecule has 0 aliphatic heterocycles. The molecule has 2 aliphatic rings. The molecule has 0 heterocycles. The van der Waals surface area contributed by atoms with Crippen LogP contribution < -0.4 is 10.6 Å². The Balaban J connectivity index is 1.74. The zero-order valence-electron chi connectivity index (χ0n) is 25.0. The summed E-state index contributed by atoms with van der Waals surface area (Å²) in [6.07, 6.45) is 0.342. The number of allylic oxidation sites excluding steroid dienone is 3. The Kier molecular flexibility index (Phi) is 7.70. The van der Waals surface area contributed by atoms with Crippen LogP contribution in [0.1, 0.15) is 75.7 Å². The molecule has 3 aromatic carbocycles. The van der Waals surface area contributed by atoms with E-state index in [0.717, 1.165) is 0 Å². The maximum atomic E-state index is 14.0. The Hall–Kier alpha value is -4.10. The summed E-state index contributed by atoms with van der Waals surface area (Å²) in [5, 5.41) is 6.38. The monoisotopic (exact) mass is 636 g/mol. The quantitative estimate of drug-likeness (QED) is 0.177. The van der Waals surface area contributed by atoms with Crippen LogP contribution in [0, 0.1) is 26.7 Å². The van der Waals surface area contributed by atoms with Crippen molar-refractivity contribution in [2.45, 2.75) is 52.9 Å². The Labute approximate surface area is 256 Å². The molecule has 12 heteroatoms. The summed E-state index contributed by atoms with van der Waals surface area (Å²) in [4.78, 5) is 27.6. The highest BCUT2D eigenvalue weighted by Crippen LogP contribution is 2.42. The topological polar surface area (TPSA) is 167 Å². The molecule has 4 N–H and O–H groups in total. The van der Waals surface area contributed by atoms with Crippen molar-refractivity contribution in [2.75, 3.05) is 10.6 Å². The van der Waals surface area contributed by atoms with Crippen molar-refractivity contribution in [2.24, 2.45) is 5.92 Å². The standard InChI is InChI=1S/C32H32N2O8S2/c1-15-13-17(3)31(43(37,38)39)19(5)27(15)33-23-11-12-24(26-25(23)29(35)21-9-7-8-10-22(21)30(26)36)34-28-16(2)14-18(4)32(20(28)6)44(40,41)42/h7-13,16,33-34H,14H2,1-6H3,(H,37,38,39)(H,40,41,42). The van der Waals surface area contributed by atoms with Crippen molar-refractivity contribution in [1.29, 1.82) is 0 Å². The molecular weight excluding hydrogens is 604 g/mol. The van der Waals surface area contributed by atoms with E-state index < -0.39 is 31.8 Å². The molecule has 3 aromatic rings. The van der Waals surface area contributed by atoms with E-state index in [9.17, 15) is 35.5 Å². The molecule has 0 fully saturated rings. The van der Waals surface area contributed by atoms with Crippen LogP contribution in [-0.4, -0.2) is 37.5 Å². The summed E-state index contributed by atoms with van der Waals surface area (Å²) in [6.45, 7) is 9.97. The van der Waals surface area contributed by atoms with Gasteiger partial charge in [-0.15, -0.1) is 0 Å². The van der Waals surface area contributed by atoms with Gasteiger partial charge in [-0.05, 0) is 75.4 Å². The van der Waals surface area contributed by atoms with Crippen LogP contribution in [0.5, 0.6) is 0 Å². The van der Waals surface area contributed by atoms with Gasteiger partial charge in [0.1, 0.15) is 4.90 Å². The number of hydrogen-bond donors (Lipinski definition) is 4. The second kappa shape index (κ2) is 10.8. The zero-order chi connectivity index (χ0) is 32.5. The fraction of sp³-hybridized carbons (Fsp3) is 0.250. The van der Waals surface area contributed by atoms with Crippen molar-refractivity contribution in [1.82, 2.24) is 0 Å². The van der Waals surface area contributed by atoms with Crippen molar-refractivity contribution in [3.8, 4) is 0 Å². The predicted molar refractivity (Wildman–Crippen MR) is 168 cm³/mol. The van der Waals surface area contributed by atoms with Crippen LogP contribution >= 0.6 is 0 Å². The number of hydrogen-bond acceptors (Lipinski definition) is 8. The minimum Gasteiger partial charge on any atom is -0.358 e. The second-order valence-electron chi connectivity index (χ2n) is 11.4. The molecule has 44 heavy (non-hydrogen) atoms. The molecule has 5 rings (SSSR count). The Bertz CT molecular complexity index is 2090. The lowest BCUT2D eigenvalue weighted by atomic mass is 9.81. The summed E-state index contributed by atoms with van der Waals surface area (Å²) in [7, 11) is -9.09. The molecule has 0 radical (unpaired) electrons. The number of fused-ring (bicyclic) bond motifs is 2. The summed E-state index contributed by atoms with van der Waals surface area (Å²) in [5.41, 5.74) is 3.92. The maximum Gasteiger partial charge on any atom is 0.295 e. The lowest BCUT2D eigenvalue weighted by Gasteiger charge is -2.30. The van der Waals surface area contributed by atoms with Crippen molar-refractivity contribution in [3.05, 3.63) is 103 Å². The Morgan fingerprint density at radius 2 is 1.27 bits per heavy atom. The van der Waals surface area contributed by atoms with Gasteiger partial charge in [-0.2, -0.15) is 16.8 Å². The molecule has 1 atom stereocenters. The van der Waals surface area contributed by atoms with Crippen molar-refractivity contribution in [3.63, 3.8) is 0 Å². The SMILES string of the molecule is CC1=C(S(=O)(=O)O)C(C)=C(Nc2ccc(Nc3c(C)cc(C)c(S(=O)(=O)O)c3C)c3c2C(=O)c2ccccc2C3=O)C(C)C1. The molecule has 0 spiro atoms. The van der Waals surface area contributed by atoms with E-state index in [1.165, 1.54) is 6.92 Å². The van der Waals surface area contributed by atoms with Crippen LogP contribution in [0.15, 0.2) is 69.1 Å². The Morgan fingerprint density at radius 3 is 1.77 bits per heavy atom. The van der Waals surface area contributed by atoms with E-state index in [1.807, 2.05) is 6.92 Å². The lowest BCUT2D eigenvalue weighted by Crippen LogP contribution is -2.26. The third-order valence-corrected chi connectivity index (χ3v) is 10.6. The average Bonchev–Trinajstić information content (AvgIpc) is 2.90. The number of benzene rings is 3. The van der Waals surface area contributed by atoms with Gasteiger partial charge < -0.3 is 10.6 Å². The molecule has 0 aromatic heterocycles. The molecule has 2 aliphatic carbocycles. The lowest BCUT2D eigenvalue weighted by molar-refractivity contribution is 0.0980. The number of ketones is 2. The maximum absolute atomic E-state index is 14.0. The van der Waals surface area contributed by atoms with Gasteiger partial charge in [0, 0.05) is 28.4 Å². The van der Waals surface area contributed by atoms with Crippen LogP contribution in [-0.2, 0) is 20.2 Å². The molecule has 10 nitrogen and oxygen atoms in total. The van der Waals surface area contributed by atoms with E-state index in [2.05, 4.69) is 10.6 Å². The molecule has 0 saturated carbocycles. The molecular formula is C32H32N2O8S2. The van der Waals surface area contributed by atoms with Crippen LogP contribution in [0.3, 0.4) is 0 Å². The van der Waals surface area contributed by atoms with E-state index in [-0.39, 0.29) is 54.9 Å². The van der Waals surface area contributed by atoms with Crippen LogP contribution in [0.25, 0.3) is 0 Å². The van der Waals surface area contributed by atoms with Gasteiger partial charge in [0.15, 0.2) is 11.6 Å². The largest absolute Gasteiger partial charge is 0.358 e. The number of rotatable bonds is 6. The van der Waals surface area contributed by atoms with Crippen molar-refractivity contribution < 1.29 is 35.5 Å². The van der Waals surface area contributed by atoms with E-state index >= 15 is 0 Å². The van der Waals surface area contributed by atoms with E-state index in [1.54, 1.807) is 70.2 Å². The van der Waals surface area contributed by atoms with Gasteiger partial charge in [0.25, 0.3) is 20.2 Å². The summed E-state index contributed by atoms with van der Waals surface area (Å²) in [5.74, 6) is -1.07. The van der Waals surface area contributed by atoms with Gasteiger partial charge in [-0.1, -0.05) is 42.8 Å². The first-order valence-corrected chi connectivity index (χ1v) is 16.7. The first kappa shape index (κ1) is 31.3. The minimum atomic E-state index is -4.57. The second-order valence-corrected chi connectivity index (χ2v) is 14.1. The minimum absolute atomic E-state index is 0.0509. The summed E-state index contributed by atoms with van der Waals surface area (Å²) >= 11 is 0. The first-order valence-electron chi connectivity index (χ1n) is 13.8. The highest BCUT2D eigenvalue weighted by molar-refractivity contribution is 7.90. The van der Waals surface area contributed by atoms with Crippen molar-refractivity contribution >= 4 is 48.9 Å². The number of aryl methyl sites for hydroxylation is 2.